The van der Waals surface area contributed by atoms with E-state index in [1.165, 1.54) is 24.3 Å². The Kier molecular flexibility index (Phi) is 4.47. The molecular formula is C17H16BrFO2. The monoisotopic (exact) mass is 350 g/mol. The summed E-state index contributed by atoms with van der Waals surface area (Å²) in [5.41, 5.74) is 1.08. The second-order valence-corrected chi connectivity index (χ2v) is 6.70. The summed E-state index contributed by atoms with van der Waals surface area (Å²) in [4.78, 5) is 12.1. The lowest BCUT2D eigenvalue weighted by Crippen LogP contribution is -2.16. The fourth-order valence-electron chi connectivity index (χ4n) is 1.92. The molecule has 2 rings (SSSR count). The van der Waals surface area contributed by atoms with E-state index >= 15 is 0 Å². The van der Waals surface area contributed by atoms with Crippen LogP contribution in [0.25, 0.3) is 0 Å². The van der Waals surface area contributed by atoms with E-state index in [4.69, 9.17) is 4.74 Å². The SMILES string of the molecule is CC(C)(C)c1cc(Br)ccc1OC(=O)c1ccc(F)cc1. The Morgan fingerprint density at radius 2 is 1.71 bits per heavy atom. The summed E-state index contributed by atoms with van der Waals surface area (Å²) in [6, 6.07) is 10.8. The minimum atomic E-state index is -0.497. The van der Waals surface area contributed by atoms with Gasteiger partial charge < -0.3 is 4.74 Å². The zero-order chi connectivity index (χ0) is 15.6. The Morgan fingerprint density at radius 1 is 1.10 bits per heavy atom. The van der Waals surface area contributed by atoms with Crippen LogP contribution in [-0.4, -0.2) is 5.97 Å². The van der Waals surface area contributed by atoms with Gasteiger partial charge in [0.2, 0.25) is 0 Å². The van der Waals surface area contributed by atoms with E-state index in [2.05, 4.69) is 15.9 Å². The van der Waals surface area contributed by atoms with E-state index in [0.717, 1.165) is 10.0 Å². The molecule has 2 nitrogen and oxygen atoms in total. The molecule has 0 atom stereocenters. The maximum atomic E-state index is 12.9. The normalized spacial score (nSPS) is 11.3. The van der Waals surface area contributed by atoms with Gasteiger partial charge >= 0.3 is 5.97 Å². The van der Waals surface area contributed by atoms with Crippen LogP contribution in [0.2, 0.25) is 0 Å². The number of esters is 1. The Bertz CT molecular complexity index is 657. The second kappa shape index (κ2) is 5.98. The first-order chi connectivity index (χ1) is 9.77. The molecule has 0 aliphatic heterocycles. The average Bonchev–Trinajstić information content (AvgIpc) is 2.40. The minimum Gasteiger partial charge on any atom is -0.423 e. The molecular weight excluding hydrogens is 335 g/mol. The van der Waals surface area contributed by atoms with Crippen molar-refractivity contribution in [3.8, 4) is 5.75 Å². The summed E-state index contributed by atoms with van der Waals surface area (Å²) in [7, 11) is 0. The number of benzene rings is 2. The van der Waals surface area contributed by atoms with Gasteiger partial charge in [0.1, 0.15) is 11.6 Å². The van der Waals surface area contributed by atoms with Crippen molar-refractivity contribution in [3.05, 3.63) is 63.9 Å². The number of hydrogen-bond acceptors (Lipinski definition) is 2. The van der Waals surface area contributed by atoms with Crippen LogP contribution in [0.4, 0.5) is 4.39 Å². The highest BCUT2D eigenvalue weighted by atomic mass is 79.9. The molecule has 0 spiro atoms. The third-order valence-electron chi connectivity index (χ3n) is 3.03. The van der Waals surface area contributed by atoms with Crippen molar-refractivity contribution < 1.29 is 13.9 Å². The van der Waals surface area contributed by atoms with Crippen LogP contribution >= 0.6 is 15.9 Å². The summed E-state index contributed by atoms with van der Waals surface area (Å²) >= 11 is 3.43. The third kappa shape index (κ3) is 3.91. The lowest BCUT2D eigenvalue weighted by atomic mass is 9.86. The quantitative estimate of drug-likeness (QED) is 0.556. The summed E-state index contributed by atoms with van der Waals surface area (Å²) in [6.07, 6.45) is 0. The summed E-state index contributed by atoms with van der Waals surface area (Å²) in [5.74, 6) is -0.367. The fraction of sp³-hybridized carbons (Fsp3) is 0.235. The van der Waals surface area contributed by atoms with Crippen LogP contribution in [-0.2, 0) is 5.41 Å². The average molecular weight is 351 g/mol. The molecule has 0 aromatic heterocycles. The highest BCUT2D eigenvalue weighted by Crippen LogP contribution is 2.34. The van der Waals surface area contributed by atoms with Gasteiger partial charge in [0.05, 0.1) is 5.56 Å². The van der Waals surface area contributed by atoms with Gasteiger partial charge in [-0.3, -0.25) is 0 Å². The maximum absolute atomic E-state index is 12.9. The Balaban J connectivity index is 2.31. The first kappa shape index (κ1) is 15.7. The van der Waals surface area contributed by atoms with Gasteiger partial charge in [-0.2, -0.15) is 0 Å². The number of ether oxygens (including phenoxy) is 1. The van der Waals surface area contributed by atoms with Gasteiger partial charge in [0.25, 0.3) is 0 Å². The first-order valence-electron chi connectivity index (χ1n) is 6.55. The van der Waals surface area contributed by atoms with Crippen molar-refractivity contribution in [1.82, 2.24) is 0 Å². The smallest absolute Gasteiger partial charge is 0.343 e. The Hall–Kier alpha value is -1.68. The van der Waals surface area contributed by atoms with Gasteiger partial charge in [-0.1, -0.05) is 36.7 Å². The molecule has 0 bridgehead atoms. The molecule has 0 aliphatic carbocycles. The molecule has 0 unspecified atom stereocenters. The van der Waals surface area contributed by atoms with Gasteiger partial charge in [0, 0.05) is 10.0 Å². The maximum Gasteiger partial charge on any atom is 0.343 e. The number of carbonyl (C=O) groups excluding carboxylic acids is 1. The van der Waals surface area contributed by atoms with Crippen LogP contribution in [0, 0.1) is 5.82 Å². The third-order valence-corrected chi connectivity index (χ3v) is 3.53. The minimum absolute atomic E-state index is 0.164. The Morgan fingerprint density at radius 3 is 2.29 bits per heavy atom. The molecule has 0 fully saturated rings. The van der Waals surface area contributed by atoms with Crippen LogP contribution in [0.3, 0.4) is 0 Å². The molecule has 0 heterocycles. The van der Waals surface area contributed by atoms with Crippen molar-refractivity contribution in [2.75, 3.05) is 0 Å². The van der Waals surface area contributed by atoms with Gasteiger partial charge in [-0.05, 0) is 47.9 Å². The summed E-state index contributed by atoms with van der Waals surface area (Å²) in [5, 5.41) is 0. The largest absolute Gasteiger partial charge is 0.423 e. The molecule has 0 N–H and O–H groups in total. The Labute approximate surface area is 132 Å². The molecule has 0 amide bonds. The van der Waals surface area contributed by atoms with Gasteiger partial charge in [0.15, 0.2) is 0 Å². The standard InChI is InChI=1S/C17H16BrFO2/c1-17(2,3)14-10-12(18)6-9-15(14)21-16(20)11-4-7-13(19)8-5-11/h4-10H,1-3H3. The number of rotatable bonds is 2. The summed E-state index contributed by atoms with van der Waals surface area (Å²) in [6.45, 7) is 6.14. The van der Waals surface area contributed by atoms with E-state index in [9.17, 15) is 9.18 Å². The molecule has 0 saturated carbocycles. The van der Waals surface area contributed by atoms with E-state index in [0.29, 0.717) is 11.3 Å². The van der Waals surface area contributed by atoms with Crippen LogP contribution in [0.5, 0.6) is 5.75 Å². The molecule has 4 heteroatoms. The number of halogens is 2. The molecule has 0 aliphatic rings. The van der Waals surface area contributed by atoms with Crippen LogP contribution < -0.4 is 4.74 Å². The predicted octanol–water partition coefficient (Wildman–Crippen LogP) is 5.10. The highest BCUT2D eigenvalue weighted by molar-refractivity contribution is 9.10. The van der Waals surface area contributed by atoms with Gasteiger partial charge in [-0.25, -0.2) is 9.18 Å². The van der Waals surface area contributed by atoms with E-state index in [1.807, 2.05) is 32.9 Å². The van der Waals surface area contributed by atoms with Crippen molar-refractivity contribution in [3.63, 3.8) is 0 Å². The lowest BCUT2D eigenvalue weighted by Gasteiger charge is -2.22. The van der Waals surface area contributed by atoms with Gasteiger partial charge in [-0.15, -0.1) is 0 Å². The van der Waals surface area contributed by atoms with Crippen molar-refractivity contribution in [2.24, 2.45) is 0 Å². The molecule has 0 saturated heterocycles. The van der Waals surface area contributed by atoms with E-state index in [-0.39, 0.29) is 11.2 Å². The number of carbonyl (C=O) groups is 1. The highest BCUT2D eigenvalue weighted by Gasteiger charge is 2.21. The zero-order valence-corrected chi connectivity index (χ0v) is 13.7. The van der Waals surface area contributed by atoms with Crippen molar-refractivity contribution >= 4 is 21.9 Å². The molecule has 21 heavy (non-hydrogen) atoms. The topological polar surface area (TPSA) is 26.3 Å². The number of hydrogen-bond donors (Lipinski definition) is 0. The molecule has 0 radical (unpaired) electrons. The van der Waals surface area contributed by atoms with Crippen molar-refractivity contribution in [2.45, 2.75) is 26.2 Å². The van der Waals surface area contributed by atoms with Crippen molar-refractivity contribution in [1.29, 1.82) is 0 Å². The van der Waals surface area contributed by atoms with Crippen LogP contribution in [0.1, 0.15) is 36.7 Å². The van der Waals surface area contributed by atoms with Crippen LogP contribution in [0.15, 0.2) is 46.9 Å². The second-order valence-electron chi connectivity index (χ2n) is 5.79. The predicted molar refractivity (Wildman–Crippen MR) is 84.2 cm³/mol. The zero-order valence-electron chi connectivity index (χ0n) is 12.1. The molecule has 2 aromatic rings. The van der Waals surface area contributed by atoms with E-state index < -0.39 is 5.97 Å². The first-order valence-corrected chi connectivity index (χ1v) is 7.34. The molecule has 110 valence electrons. The summed E-state index contributed by atoms with van der Waals surface area (Å²) < 4.78 is 19.3. The lowest BCUT2D eigenvalue weighted by molar-refractivity contribution is 0.0732. The fourth-order valence-corrected chi connectivity index (χ4v) is 2.28. The molecule has 2 aromatic carbocycles. The van der Waals surface area contributed by atoms with E-state index in [1.54, 1.807) is 6.07 Å².